The monoisotopic (exact) mass is 358 g/mol. The summed E-state index contributed by atoms with van der Waals surface area (Å²) in [6, 6.07) is 23.9. The highest BCUT2D eigenvalue weighted by Crippen LogP contribution is 2.29. The molecule has 0 atom stereocenters. The van der Waals surface area contributed by atoms with Gasteiger partial charge in [0.2, 0.25) is 0 Å². The van der Waals surface area contributed by atoms with Crippen LogP contribution >= 0.6 is 11.3 Å². The highest BCUT2D eigenvalue weighted by molar-refractivity contribution is 7.21. The zero-order chi connectivity index (χ0) is 17.9. The van der Waals surface area contributed by atoms with Crippen LogP contribution in [0.15, 0.2) is 72.8 Å². The fourth-order valence-electron chi connectivity index (χ4n) is 2.75. The maximum atomic E-state index is 12.2. The van der Waals surface area contributed by atoms with Crippen molar-refractivity contribution in [1.82, 2.24) is 10.3 Å². The molecule has 0 fully saturated rings. The molecule has 26 heavy (non-hydrogen) atoms. The first kappa shape index (κ1) is 16.5. The Labute approximate surface area is 156 Å². The molecule has 1 heterocycles. The Morgan fingerprint density at radius 3 is 2.42 bits per heavy atom. The van der Waals surface area contributed by atoms with Crippen molar-refractivity contribution in [3.05, 3.63) is 89.5 Å². The molecule has 128 valence electrons. The second-order valence-electron chi connectivity index (χ2n) is 6.23. The summed E-state index contributed by atoms with van der Waals surface area (Å²) >= 11 is 1.69. The van der Waals surface area contributed by atoms with E-state index >= 15 is 0 Å². The summed E-state index contributed by atoms with van der Waals surface area (Å²) in [7, 11) is 0. The molecule has 4 heteroatoms. The second-order valence-corrected chi connectivity index (χ2v) is 7.26. The van der Waals surface area contributed by atoms with E-state index in [1.54, 1.807) is 11.3 Å². The number of fused-ring (bicyclic) bond motifs is 1. The molecule has 1 aromatic heterocycles. The van der Waals surface area contributed by atoms with E-state index in [1.807, 2.05) is 61.5 Å². The van der Waals surface area contributed by atoms with Crippen molar-refractivity contribution in [1.29, 1.82) is 0 Å². The average molecular weight is 358 g/mol. The number of aromatic nitrogens is 1. The molecular formula is C22H18N2OS. The topological polar surface area (TPSA) is 42.0 Å². The Morgan fingerprint density at radius 1 is 0.962 bits per heavy atom. The zero-order valence-electron chi connectivity index (χ0n) is 14.4. The van der Waals surface area contributed by atoms with Gasteiger partial charge in [-0.25, -0.2) is 4.98 Å². The van der Waals surface area contributed by atoms with Gasteiger partial charge in [-0.1, -0.05) is 54.1 Å². The molecule has 0 saturated heterocycles. The number of nitrogens with zero attached hydrogens (tertiary/aromatic N) is 1. The zero-order valence-corrected chi connectivity index (χ0v) is 15.2. The maximum Gasteiger partial charge on any atom is 0.251 e. The van der Waals surface area contributed by atoms with Crippen LogP contribution in [0.2, 0.25) is 0 Å². The lowest BCUT2D eigenvalue weighted by molar-refractivity contribution is 0.0951. The minimum Gasteiger partial charge on any atom is -0.348 e. The van der Waals surface area contributed by atoms with Crippen LogP contribution in [-0.2, 0) is 6.54 Å². The number of para-hydroxylation sites is 1. The lowest BCUT2D eigenvalue weighted by atomic mass is 10.1. The smallest absolute Gasteiger partial charge is 0.251 e. The van der Waals surface area contributed by atoms with Gasteiger partial charge in [0.25, 0.3) is 5.91 Å². The van der Waals surface area contributed by atoms with E-state index in [4.69, 9.17) is 0 Å². The Morgan fingerprint density at radius 2 is 1.69 bits per heavy atom. The van der Waals surface area contributed by atoms with Crippen molar-refractivity contribution in [3.8, 4) is 10.6 Å². The van der Waals surface area contributed by atoms with Crippen LogP contribution in [0.3, 0.4) is 0 Å². The molecule has 0 aliphatic rings. The van der Waals surface area contributed by atoms with Crippen LogP contribution in [0, 0.1) is 6.92 Å². The van der Waals surface area contributed by atoms with Gasteiger partial charge in [0, 0.05) is 17.7 Å². The molecule has 1 N–H and O–H groups in total. The number of rotatable bonds is 4. The predicted molar refractivity (Wildman–Crippen MR) is 107 cm³/mol. The molecule has 3 nitrogen and oxygen atoms in total. The van der Waals surface area contributed by atoms with Crippen LogP contribution < -0.4 is 5.32 Å². The van der Waals surface area contributed by atoms with E-state index in [1.165, 1.54) is 4.70 Å². The minimum absolute atomic E-state index is 0.0553. The number of hydrogen-bond donors (Lipinski definition) is 1. The Bertz CT molecular complexity index is 1020. The summed E-state index contributed by atoms with van der Waals surface area (Å²) in [4.78, 5) is 16.9. The van der Waals surface area contributed by atoms with Gasteiger partial charge in [-0.3, -0.25) is 4.79 Å². The molecule has 0 aliphatic carbocycles. The molecule has 3 aromatic carbocycles. The highest BCUT2D eigenvalue weighted by Gasteiger charge is 2.07. The van der Waals surface area contributed by atoms with E-state index in [2.05, 4.69) is 28.5 Å². The Balaban J connectivity index is 1.44. The molecule has 0 radical (unpaired) electrons. The van der Waals surface area contributed by atoms with Crippen molar-refractivity contribution in [2.24, 2.45) is 0 Å². The number of thiazole rings is 1. The predicted octanol–water partition coefficient (Wildman–Crippen LogP) is 5.20. The van der Waals surface area contributed by atoms with Gasteiger partial charge in [0.1, 0.15) is 5.01 Å². The molecular weight excluding hydrogens is 340 g/mol. The minimum atomic E-state index is -0.0553. The third-order valence-corrected chi connectivity index (χ3v) is 5.35. The molecule has 4 aromatic rings. The van der Waals surface area contributed by atoms with Crippen LogP contribution in [0.4, 0.5) is 0 Å². The number of benzene rings is 3. The summed E-state index contributed by atoms with van der Waals surface area (Å²) in [5, 5.41) is 3.98. The SMILES string of the molecule is Cc1ccc(C(=O)NCc2ccc(-c3nc4ccccc4s3)cc2)cc1. The van der Waals surface area contributed by atoms with Crippen LogP contribution in [0.5, 0.6) is 0 Å². The van der Waals surface area contributed by atoms with E-state index in [9.17, 15) is 4.79 Å². The number of hydrogen-bond acceptors (Lipinski definition) is 3. The van der Waals surface area contributed by atoms with Crippen LogP contribution in [-0.4, -0.2) is 10.9 Å². The number of nitrogens with one attached hydrogen (secondary N) is 1. The van der Waals surface area contributed by atoms with Crippen molar-refractivity contribution < 1.29 is 4.79 Å². The summed E-state index contributed by atoms with van der Waals surface area (Å²) in [6.07, 6.45) is 0. The lowest BCUT2D eigenvalue weighted by Crippen LogP contribution is -2.22. The summed E-state index contributed by atoms with van der Waals surface area (Å²) < 4.78 is 1.19. The lowest BCUT2D eigenvalue weighted by Gasteiger charge is -2.06. The van der Waals surface area contributed by atoms with E-state index in [-0.39, 0.29) is 5.91 Å². The summed E-state index contributed by atoms with van der Waals surface area (Å²) in [5.74, 6) is -0.0553. The van der Waals surface area contributed by atoms with Gasteiger partial charge in [0.05, 0.1) is 10.2 Å². The summed E-state index contributed by atoms with van der Waals surface area (Å²) in [5.41, 5.74) is 5.02. The number of amides is 1. The molecule has 0 unspecified atom stereocenters. The third kappa shape index (κ3) is 3.51. The molecule has 0 aliphatic heterocycles. The Kier molecular flexibility index (Phi) is 4.50. The second kappa shape index (κ2) is 7.10. The largest absolute Gasteiger partial charge is 0.348 e. The first-order valence-corrected chi connectivity index (χ1v) is 9.30. The van der Waals surface area contributed by atoms with Gasteiger partial charge in [-0.15, -0.1) is 11.3 Å². The standard InChI is InChI=1S/C22H18N2OS/c1-15-6-10-17(11-7-15)21(25)23-14-16-8-12-18(13-9-16)22-24-19-4-2-3-5-20(19)26-22/h2-13H,14H2,1H3,(H,23,25). The molecule has 4 rings (SSSR count). The average Bonchev–Trinajstić information content (AvgIpc) is 3.11. The maximum absolute atomic E-state index is 12.2. The third-order valence-electron chi connectivity index (χ3n) is 4.26. The first-order chi connectivity index (χ1) is 12.7. The van der Waals surface area contributed by atoms with Gasteiger partial charge >= 0.3 is 0 Å². The molecule has 0 spiro atoms. The fourth-order valence-corrected chi connectivity index (χ4v) is 3.72. The normalized spacial score (nSPS) is 10.8. The van der Waals surface area contributed by atoms with Crippen molar-refractivity contribution >= 4 is 27.5 Å². The van der Waals surface area contributed by atoms with Crippen molar-refractivity contribution in [2.75, 3.05) is 0 Å². The van der Waals surface area contributed by atoms with Gasteiger partial charge in [0.15, 0.2) is 0 Å². The number of aryl methyl sites for hydroxylation is 1. The quantitative estimate of drug-likeness (QED) is 0.545. The first-order valence-electron chi connectivity index (χ1n) is 8.49. The van der Waals surface area contributed by atoms with Crippen LogP contribution in [0.25, 0.3) is 20.8 Å². The number of carbonyl (C=O) groups is 1. The van der Waals surface area contributed by atoms with Gasteiger partial charge in [-0.05, 0) is 36.8 Å². The molecule has 1 amide bonds. The van der Waals surface area contributed by atoms with E-state index < -0.39 is 0 Å². The van der Waals surface area contributed by atoms with E-state index in [0.29, 0.717) is 12.1 Å². The van der Waals surface area contributed by atoms with E-state index in [0.717, 1.165) is 27.2 Å². The summed E-state index contributed by atoms with van der Waals surface area (Å²) in [6.45, 7) is 2.52. The van der Waals surface area contributed by atoms with Gasteiger partial charge < -0.3 is 5.32 Å². The highest BCUT2D eigenvalue weighted by atomic mass is 32.1. The van der Waals surface area contributed by atoms with Crippen LogP contribution in [0.1, 0.15) is 21.5 Å². The molecule has 0 saturated carbocycles. The number of carbonyl (C=O) groups excluding carboxylic acids is 1. The Hall–Kier alpha value is -2.98. The van der Waals surface area contributed by atoms with Crippen molar-refractivity contribution in [2.45, 2.75) is 13.5 Å². The van der Waals surface area contributed by atoms with Gasteiger partial charge in [-0.2, -0.15) is 0 Å². The molecule has 0 bridgehead atoms. The van der Waals surface area contributed by atoms with Crippen molar-refractivity contribution in [3.63, 3.8) is 0 Å². The fraction of sp³-hybridized carbons (Fsp3) is 0.0909.